The van der Waals surface area contributed by atoms with Crippen molar-refractivity contribution in [2.75, 3.05) is 13.7 Å². The van der Waals surface area contributed by atoms with Gasteiger partial charge in [-0.1, -0.05) is 23.4 Å². The lowest BCUT2D eigenvalue weighted by atomic mass is 10.0. The zero-order chi connectivity index (χ0) is 17.8. The quantitative estimate of drug-likeness (QED) is 0.853. The van der Waals surface area contributed by atoms with Gasteiger partial charge in [-0.2, -0.15) is 0 Å². The molecule has 0 aliphatic carbocycles. The van der Waals surface area contributed by atoms with Gasteiger partial charge in [0, 0.05) is 30.9 Å². The molecule has 0 saturated carbocycles. The van der Waals surface area contributed by atoms with E-state index in [1.54, 1.807) is 24.5 Å². The van der Waals surface area contributed by atoms with E-state index in [1.165, 1.54) is 12.0 Å². The SMILES string of the molecule is CON=C1CCN(C(=O)c2ccc(-c3cccnc3)cc2)C1C(N)=O. The van der Waals surface area contributed by atoms with E-state index in [-0.39, 0.29) is 5.91 Å². The van der Waals surface area contributed by atoms with Crippen molar-refractivity contribution in [2.24, 2.45) is 10.9 Å². The van der Waals surface area contributed by atoms with Gasteiger partial charge in [-0.15, -0.1) is 0 Å². The Morgan fingerprint density at radius 2 is 2.00 bits per heavy atom. The van der Waals surface area contributed by atoms with Crippen LogP contribution in [0.4, 0.5) is 0 Å². The number of benzene rings is 1. The minimum absolute atomic E-state index is 0.261. The van der Waals surface area contributed by atoms with Crippen molar-refractivity contribution in [3.05, 3.63) is 54.4 Å². The highest BCUT2D eigenvalue weighted by Crippen LogP contribution is 2.22. The number of hydrogen-bond acceptors (Lipinski definition) is 5. The Morgan fingerprint density at radius 1 is 1.24 bits per heavy atom. The smallest absolute Gasteiger partial charge is 0.254 e. The second kappa shape index (κ2) is 7.12. The van der Waals surface area contributed by atoms with Crippen molar-refractivity contribution >= 4 is 17.5 Å². The van der Waals surface area contributed by atoms with Gasteiger partial charge in [-0.25, -0.2) is 0 Å². The fraction of sp³-hybridized carbons (Fsp3) is 0.222. The first-order valence-electron chi connectivity index (χ1n) is 7.82. The maximum atomic E-state index is 12.8. The molecule has 2 aromatic rings. The summed E-state index contributed by atoms with van der Waals surface area (Å²) in [6.45, 7) is 0.374. The largest absolute Gasteiger partial charge is 0.399 e. The molecule has 1 aliphatic rings. The maximum absolute atomic E-state index is 12.8. The number of likely N-dealkylation sites (tertiary alicyclic amines) is 1. The van der Waals surface area contributed by atoms with Gasteiger partial charge < -0.3 is 15.5 Å². The first kappa shape index (κ1) is 16.6. The predicted octanol–water partition coefficient (Wildman–Crippen LogP) is 1.45. The Hall–Kier alpha value is -3.22. The van der Waals surface area contributed by atoms with Crippen LogP contribution >= 0.6 is 0 Å². The Kier molecular flexibility index (Phi) is 4.74. The molecule has 1 aromatic heterocycles. The molecule has 2 heterocycles. The van der Waals surface area contributed by atoms with E-state index >= 15 is 0 Å². The minimum atomic E-state index is -0.870. The standard InChI is InChI=1S/C18H18N4O3/c1-25-21-15-8-10-22(16(15)17(19)23)18(24)13-6-4-12(5-7-13)14-3-2-9-20-11-14/h2-7,9,11,16H,8,10H2,1H3,(H2,19,23). The molecule has 7 nitrogen and oxygen atoms in total. The molecule has 128 valence electrons. The fourth-order valence-corrected chi connectivity index (χ4v) is 2.93. The highest BCUT2D eigenvalue weighted by Gasteiger charge is 2.39. The Bertz CT molecular complexity index is 803. The number of nitrogens with zero attached hydrogens (tertiary/aromatic N) is 3. The summed E-state index contributed by atoms with van der Waals surface area (Å²) in [4.78, 5) is 34.8. The van der Waals surface area contributed by atoms with E-state index in [4.69, 9.17) is 10.6 Å². The van der Waals surface area contributed by atoms with Gasteiger partial charge in [0.05, 0.1) is 5.71 Å². The highest BCUT2D eigenvalue weighted by atomic mass is 16.6. The van der Waals surface area contributed by atoms with Crippen LogP contribution in [-0.2, 0) is 9.63 Å². The first-order chi connectivity index (χ1) is 12.1. The fourth-order valence-electron chi connectivity index (χ4n) is 2.93. The third kappa shape index (κ3) is 3.35. The van der Waals surface area contributed by atoms with Gasteiger partial charge in [0.25, 0.3) is 5.91 Å². The number of nitrogens with two attached hydrogens (primary N) is 1. The van der Waals surface area contributed by atoms with Crippen molar-refractivity contribution in [3.63, 3.8) is 0 Å². The van der Waals surface area contributed by atoms with Crippen LogP contribution in [0, 0.1) is 0 Å². The third-order valence-corrected chi connectivity index (χ3v) is 4.10. The summed E-state index contributed by atoms with van der Waals surface area (Å²) in [6, 6.07) is 10.1. The van der Waals surface area contributed by atoms with Gasteiger partial charge in [0.1, 0.15) is 7.11 Å². The van der Waals surface area contributed by atoms with Crippen molar-refractivity contribution in [1.29, 1.82) is 0 Å². The topological polar surface area (TPSA) is 97.9 Å². The second-order valence-corrected chi connectivity index (χ2v) is 5.64. The monoisotopic (exact) mass is 338 g/mol. The number of rotatable bonds is 4. The first-order valence-corrected chi connectivity index (χ1v) is 7.82. The minimum Gasteiger partial charge on any atom is -0.399 e. The number of carbonyl (C=O) groups excluding carboxylic acids is 2. The van der Waals surface area contributed by atoms with Gasteiger partial charge >= 0.3 is 0 Å². The van der Waals surface area contributed by atoms with Gasteiger partial charge in [-0.3, -0.25) is 14.6 Å². The Labute approximate surface area is 145 Å². The molecular formula is C18H18N4O3. The number of oxime groups is 1. The van der Waals surface area contributed by atoms with E-state index in [9.17, 15) is 9.59 Å². The molecule has 1 aliphatic heterocycles. The molecule has 7 heteroatoms. The molecule has 2 N–H and O–H groups in total. The molecule has 3 rings (SSSR count). The number of primary amides is 1. The molecule has 1 unspecified atom stereocenters. The van der Waals surface area contributed by atoms with Gasteiger partial charge in [0.2, 0.25) is 5.91 Å². The van der Waals surface area contributed by atoms with Gasteiger partial charge in [0.15, 0.2) is 6.04 Å². The number of hydrogen-bond donors (Lipinski definition) is 1. The summed E-state index contributed by atoms with van der Waals surface area (Å²) in [5, 5.41) is 3.82. The van der Waals surface area contributed by atoms with E-state index in [0.29, 0.717) is 24.2 Å². The van der Waals surface area contributed by atoms with Crippen LogP contribution in [0.25, 0.3) is 11.1 Å². The molecule has 25 heavy (non-hydrogen) atoms. The number of amides is 2. The van der Waals surface area contributed by atoms with E-state index in [1.807, 2.05) is 24.3 Å². The van der Waals surface area contributed by atoms with E-state index in [2.05, 4.69) is 10.1 Å². The molecule has 1 saturated heterocycles. The van der Waals surface area contributed by atoms with Crippen LogP contribution in [0.2, 0.25) is 0 Å². The number of carbonyl (C=O) groups is 2. The van der Waals surface area contributed by atoms with Gasteiger partial charge in [-0.05, 0) is 29.3 Å². The van der Waals surface area contributed by atoms with Crippen LogP contribution in [0.1, 0.15) is 16.8 Å². The molecule has 2 amide bonds. The lowest BCUT2D eigenvalue weighted by Crippen LogP contribution is -2.46. The lowest BCUT2D eigenvalue weighted by Gasteiger charge is -2.22. The van der Waals surface area contributed by atoms with Crippen LogP contribution in [-0.4, -0.2) is 47.1 Å². The number of pyridine rings is 1. The molecule has 1 aromatic carbocycles. The second-order valence-electron chi connectivity index (χ2n) is 5.64. The van der Waals surface area contributed by atoms with Crippen molar-refractivity contribution in [3.8, 4) is 11.1 Å². The molecule has 0 radical (unpaired) electrons. The summed E-state index contributed by atoms with van der Waals surface area (Å²) < 4.78 is 0. The summed E-state index contributed by atoms with van der Waals surface area (Å²) in [5.74, 6) is -0.878. The van der Waals surface area contributed by atoms with Crippen LogP contribution in [0.15, 0.2) is 53.9 Å². The van der Waals surface area contributed by atoms with Crippen LogP contribution < -0.4 is 5.73 Å². The van der Waals surface area contributed by atoms with E-state index in [0.717, 1.165) is 11.1 Å². The lowest BCUT2D eigenvalue weighted by molar-refractivity contribution is -0.120. The summed E-state index contributed by atoms with van der Waals surface area (Å²) in [7, 11) is 1.40. The molecular weight excluding hydrogens is 320 g/mol. The predicted molar refractivity (Wildman–Crippen MR) is 92.8 cm³/mol. The summed E-state index contributed by atoms with van der Waals surface area (Å²) >= 11 is 0. The molecule has 0 spiro atoms. The third-order valence-electron chi connectivity index (χ3n) is 4.10. The Balaban J connectivity index is 1.83. The maximum Gasteiger partial charge on any atom is 0.254 e. The molecule has 1 fully saturated rings. The summed E-state index contributed by atoms with van der Waals surface area (Å²) in [5.41, 5.74) is 8.32. The zero-order valence-corrected chi connectivity index (χ0v) is 13.8. The summed E-state index contributed by atoms with van der Waals surface area (Å²) in [6.07, 6.45) is 3.92. The number of aromatic nitrogens is 1. The average Bonchev–Trinajstić information content (AvgIpc) is 3.06. The highest BCUT2D eigenvalue weighted by molar-refractivity contribution is 6.13. The van der Waals surface area contributed by atoms with Crippen LogP contribution in [0.3, 0.4) is 0 Å². The van der Waals surface area contributed by atoms with Crippen LogP contribution in [0.5, 0.6) is 0 Å². The average molecular weight is 338 g/mol. The van der Waals surface area contributed by atoms with E-state index < -0.39 is 11.9 Å². The van der Waals surface area contributed by atoms with Crippen molar-refractivity contribution < 1.29 is 14.4 Å². The molecule has 0 bridgehead atoms. The Morgan fingerprint density at radius 3 is 2.60 bits per heavy atom. The molecule has 1 atom stereocenters. The van der Waals surface area contributed by atoms with Crippen molar-refractivity contribution in [2.45, 2.75) is 12.5 Å². The normalized spacial score (nSPS) is 18.4. The zero-order valence-electron chi connectivity index (χ0n) is 13.8. The van der Waals surface area contributed by atoms with Crippen molar-refractivity contribution in [1.82, 2.24) is 9.88 Å².